The molecule has 0 aliphatic rings. The van der Waals surface area contributed by atoms with Crippen molar-refractivity contribution in [1.29, 1.82) is 0 Å². The number of methoxy groups -OCH3 is 1. The van der Waals surface area contributed by atoms with E-state index in [1.807, 2.05) is 0 Å². The quantitative estimate of drug-likeness (QED) is 0.639. The van der Waals surface area contributed by atoms with E-state index in [0.29, 0.717) is 6.61 Å². The van der Waals surface area contributed by atoms with Gasteiger partial charge in [-0.15, -0.1) is 0 Å². The fourth-order valence-electron chi connectivity index (χ4n) is 1.60. The van der Waals surface area contributed by atoms with Gasteiger partial charge < -0.3 is 4.74 Å². The summed E-state index contributed by atoms with van der Waals surface area (Å²) in [7, 11) is 1.66. The molecule has 0 spiro atoms. The van der Waals surface area contributed by atoms with E-state index in [1.165, 1.54) is 0 Å². The van der Waals surface area contributed by atoms with E-state index in [0.717, 1.165) is 6.42 Å². The van der Waals surface area contributed by atoms with E-state index >= 15 is 0 Å². The Kier molecular flexibility index (Phi) is 4.76. The normalized spacial score (nSPS) is 17.5. The summed E-state index contributed by atoms with van der Waals surface area (Å²) in [5, 5.41) is 0. The van der Waals surface area contributed by atoms with Gasteiger partial charge in [-0.05, 0) is 24.7 Å². The first kappa shape index (κ1) is 11.9. The second-order valence-corrected chi connectivity index (χ2v) is 4.43. The molecule has 0 saturated carbocycles. The van der Waals surface area contributed by atoms with Crippen LogP contribution in [-0.2, 0) is 4.74 Å². The van der Waals surface area contributed by atoms with Crippen molar-refractivity contribution >= 4 is 0 Å². The second-order valence-electron chi connectivity index (χ2n) is 4.43. The Morgan fingerprint density at radius 2 is 1.83 bits per heavy atom. The molecule has 0 aliphatic heterocycles. The first-order chi connectivity index (χ1) is 5.39. The van der Waals surface area contributed by atoms with Crippen LogP contribution >= 0.6 is 0 Å². The van der Waals surface area contributed by atoms with Crippen LogP contribution < -0.4 is 0 Å². The van der Waals surface area contributed by atoms with E-state index in [1.54, 1.807) is 14.0 Å². The predicted molar refractivity (Wildman–Crippen MR) is 50.0 cm³/mol. The first-order valence-electron chi connectivity index (χ1n) is 4.52. The molecule has 0 N–H and O–H groups in total. The molecule has 0 aliphatic carbocycles. The number of hydrogen-bond donors (Lipinski definition) is 0. The summed E-state index contributed by atoms with van der Waals surface area (Å²) < 4.78 is 18.1. The molecule has 2 heteroatoms. The molecule has 0 fully saturated rings. The molecule has 1 nitrogen and oxygen atoms in total. The number of ether oxygens (including phenoxy) is 1. The van der Waals surface area contributed by atoms with Crippen molar-refractivity contribution in [2.45, 2.75) is 40.3 Å². The number of hydrogen-bond acceptors (Lipinski definition) is 1. The molecule has 74 valence electrons. The molecule has 0 saturated heterocycles. The third kappa shape index (κ3) is 4.05. The van der Waals surface area contributed by atoms with Crippen LogP contribution in [0.1, 0.15) is 34.1 Å². The molecule has 0 heterocycles. The summed E-state index contributed by atoms with van der Waals surface area (Å²) in [5.41, 5.74) is 0.0344. The van der Waals surface area contributed by atoms with Crippen molar-refractivity contribution in [3.05, 3.63) is 0 Å². The van der Waals surface area contributed by atoms with Gasteiger partial charge in [-0.1, -0.05) is 20.8 Å². The summed E-state index contributed by atoms with van der Waals surface area (Å²) in [5.74, 6) is 0.0949. The van der Waals surface area contributed by atoms with Gasteiger partial charge in [0.05, 0.1) is 0 Å². The van der Waals surface area contributed by atoms with Crippen molar-refractivity contribution in [2.75, 3.05) is 13.7 Å². The Morgan fingerprint density at radius 3 is 2.08 bits per heavy atom. The minimum absolute atomic E-state index is 0.0344. The van der Waals surface area contributed by atoms with Gasteiger partial charge in [0.1, 0.15) is 6.17 Å². The minimum Gasteiger partial charge on any atom is -0.385 e. The van der Waals surface area contributed by atoms with Crippen LogP contribution in [0.15, 0.2) is 0 Å². The number of halogens is 1. The highest BCUT2D eigenvalue weighted by Gasteiger charge is 2.29. The maximum Gasteiger partial charge on any atom is 0.101 e. The van der Waals surface area contributed by atoms with Gasteiger partial charge >= 0.3 is 0 Å². The molecular weight excluding hydrogens is 155 g/mol. The second kappa shape index (κ2) is 4.80. The molecule has 0 aromatic heterocycles. The van der Waals surface area contributed by atoms with E-state index in [4.69, 9.17) is 4.74 Å². The van der Waals surface area contributed by atoms with Crippen molar-refractivity contribution in [1.82, 2.24) is 0 Å². The summed E-state index contributed by atoms with van der Waals surface area (Å²) in [6, 6.07) is 0. The van der Waals surface area contributed by atoms with Gasteiger partial charge in [0.25, 0.3) is 0 Å². The van der Waals surface area contributed by atoms with Gasteiger partial charge in [0.15, 0.2) is 0 Å². The van der Waals surface area contributed by atoms with Crippen molar-refractivity contribution in [3.8, 4) is 0 Å². The van der Waals surface area contributed by atoms with Crippen LogP contribution in [0, 0.1) is 11.3 Å². The van der Waals surface area contributed by atoms with Crippen LogP contribution in [0.4, 0.5) is 4.39 Å². The van der Waals surface area contributed by atoms with Crippen LogP contribution in [0.25, 0.3) is 0 Å². The fraction of sp³-hybridized carbons (Fsp3) is 1.00. The summed E-state index contributed by atoms with van der Waals surface area (Å²) in [6.07, 6.45) is 0.0534. The monoisotopic (exact) mass is 176 g/mol. The van der Waals surface area contributed by atoms with Crippen LogP contribution in [0.2, 0.25) is 0 Å². The van der Waals surface area contributed by atoms with Crippen molar-refractivity contribution < 1.29 is 9.13 Å². The van der Waals surface area contributed by atoms with Crippen LogP contribution in [0.3, 0.4) is 0 Å². The molecule has 0 amide bonds. The lowest BCUT2D eigenvalue weighted by Gasteiger charge is -2.31. The molecule has 12 heavy (non-hydrogen) atoms. The van der Waals surface area contributed by atoms with Crippen molar-refractivity contribution in [3.63, 3.8) is 0 Å². The zero-order valence-electron chi connectivity index (χ0n) is 8.86. The Labute approximate surface area is 75.3 Å². The van der Waals surface area contributed by atoms with E-state index in [9.17, 15) is 4.39 Å². The van der Waals surface area contributed by atoms with Gasteiger partial charge in [-0.2, -0.15) is 0 Å². The fourth-order valence-corrected chi connectivity index (χ4v) is 1.60. The maximum atomic E-state index is 13.1. The van der Waals surface area contributed by atoms with E-state index < -0.39 is 6.17 Å². The zero-order valence-corrected chi connectivity index (χ0v) is 8.86. The molecule has 0 bridgehead atoms. The summed E-state index contributed by atoms with van der Waals surface area (Å²) in [4.78, 5) is 0. The standard InChI is InChI=1S/C10H21FO/c1-8(11)9(6-7-12-5)10(2,3)4/h8-9H,6-7H2,1-5H3. The maximum absolute atomic E-state index is 13.1. The minimum atomic E-state index is -0.750. The van der Waals surface area contributed by atoms with Crippen LogP contribution in [0.5, 0.6) is 0 Å². The summed E-state index contributed by atoms with van der Waals surface area (Å²) >= 11 is 0. The third-order valence-electron chi connectivity index (χ3n) is 2.30. The highest BCUT2D eigenvalue weighted by molar-refractivity contribution is 4.78. The third-order valence-corrected chi connectivity index (χ3v) is 2.30. The molecular formula is C10H21FO. The topological polar surface area (TPSA) is 9.23 Å². The van der Waals surface area contributed by atoms with Crippen LogP contribution in [-0.4, -0.2) is 19.9 Å². The van der Waals surface area contributed by atoms with Gasteiger partial charge in [-0.3, -0.25) is 0 Å². The zero-order chi connectivity index (χ0) is 9.78. The SMILES string of the molecule is COCCC(C(C)F)C(C)(C)C. The average molecular weight is 176 g/mol. The lowest BCUT2D eigenvalue weighted by atomic mass is 9.76. The molecule has 0 radical (unpaired) electrons. The van der Waals surface area contributed by atoms with Gasteiger partial charge in [0.2, 0.25) is 0 Å². The Morgan fingerprint density at radius 1 is 1.33 bits per heavy atom. The highest BCUT2D eigenvalue weighted by Crippen LogP contribution is 2.32. The van der Waals surface area contributed by atoms with Crippen molar-refractivity contribution in [2.24, 2.45) is 11.3 Å². The molecule has 0 rings (SSSR count). The first-order valence-corrected chi connectivity index (χ1v) is 4.52. The number of alkyl halides is 1. The average Bonchev–Trinajstić information content (AvgIpc) is 1.84. The largest absolute Gasteiger partial charge is 0.385 e. The lowest BCUT2D eigenvalue weighted by Crippen LogP contribution is -2.28. The Bertz CT molecular complexity index is 115. The smallest absolute Gasteiger partial charge is 0.101 e. The van der Waals surface area contributed by atoms with E-state index in [-0.39, 0.29) is 11.3 Å². The lowest BCUT2D eigenvalue weighted by molar-refractivity contribution is 0.0813. The molecule has 2 unspecified atom stereocenters. The predicted octanol–water partition coefficient (Wildman–Crippen LogP) is 3.04. The van der Waals surface area contributed by atoms with Gasteiger partial charge in [-0.25, -0.2) is 4.39 Å². The van der Waals surface area contributed by atoms with Gasteiger partial charge in [0, 0.05) is 13.7 Å². The number of rotatable bonds is 4. The highest BCUT2D eigenvalue weighted by atomic mass is 19.1. The van der Waals surface area contributed by atoms with E-state index in [2.05, 4.69) is 20.8 Å². The Balaban J connectivity index is 4.05. The molecule has 2 atom stereocenters. The Hall–Kier alpha value is -0.110. The molecule has 0 aromatic rings. The molecule has 0 aromatic carbocycles. The summed E-state index contributed by atoms with van der Waals surface area (Å²) in [6.45, 7) is 8.50.